The Balaban J connectivity index is 1.49. The van der Waals surface area contributed by atoms with Gasteiger partial charge < -0.3 is 0 Å². The minimum Gasteiger partial charge on any atom is -0.295 e. The van der Waals surface area contributed by atoms with E-state index >= 15 is 0 Å². The highest BCUT2D eigenvalue weighted by Gasteiger charge is 2.59. The molecule has 3 saturated carbocycles. The van der Waals surface area contributed by atoms with Gasteiger partial charge in [-0.15, -0.1) is 0 Å². The molecule has 0 bridgehead atoms. The molecular weight excluding hydrogens is 408 g/mol. The van der Waals surface area contributed by atoms with E-state index in [0.29, 0.717) is 21.4 Å². The standard InChI is InChI=1S/C26H41BrO/c1-17(6-5-7-18(2)27)22-10-11-23-21-9-8-19-16-20(28)12-14-25(19,3)24(21)13-15-26(22,23)4/h16-18,21-24H,5-15H2,1-4H3/t17-,18?,21+,22-,23+,24+,25+,26-/m1/s1. The van der Waals surface area contributed by atoms with Crippen LogP contribution >= 0.6 is 15.9 Å². The molecule has 4 aliphatic carbocycles. The van der Waals surface area contributed by atoms with E-state index in [9.17, 15) is 4.79 Å². The number of hydrogen-bond acceptors (Lipinski definition) is 1. The van der Waals surface area contributed by atoms with E-state index < -0.39 is 0 Å². The number of allylic oxidation sites excluding steroid dienone is 1. The zero-order chi connectivity index (χ0) is 20.1. The molecule has 0 aliphatic heterocycles. The van der Waals surface area contributed by atoms with E-state index in [1.165, 1.54) is 63.4 Å². The molecule has 3 fully saturated rings. The number of rotatable bonds is 5. The molecule has 0 N–H and O–H groups in total. The second-order valence-electron chi connectivity index (χ2n) is 11.4. The van der Waals surface area contributed by atoms with Crippen LogP contribution < -0.4 is 0 Å². The average molecular weight is 450 g/mol. The lowest BCUT2D eigenvalue weighted by Gasteiger charge is -2.58. The first-order valence-electron chi connectivity index (χ1n) is 12.1. The van der Waals surface area contributed by atoms with Crippen molar-refractivity contribution < 1.29 is 4.79 Å². The van der Waals surface area contributed by atoms with Crippen LogP contribution in [0.1, 0.15) is 98.3 Å². The summed E-state index contributed by atoms with van der Waals surface area (Å²) in [6.07, 6.45) is 16.4. The highest BCUT2D eigenvalue weighted by molar-refractivity contribution is 9.09. The van der Waals surface area contributed by atoms with E-state index in [1.54, 1.807) is 0 Å². The van der Waals surface area contributed by atoms with Gasteiger partial charge in [-0.25, -0.2) is 0 Å². The van der Waals surface area contributed by atoms with Crippen molar-refractivity contribution in [3.8, 4) is 0 Å². The molecule has 0 radical (unpaired) electrons. The number of halogens is 1. The molecule has 1 nitrogen and oxygen atoms in total. The SMILES string of the molecule is CC(Br)CCC[C@@H](C)[C@H]1CC[C@H]2[C@@H]3CCC4=CC(=O)CC[C@]4(C)[C@H]3CC[C@]12C. The summed E-state index contributed by atoms with van der Waals surface area (Å²) in [5.74, 6) is 4.88. The van der Waals surface area contributed by atoms with Gasteiger partial charge in [-0.1, -0.05) is 62.0 Å². The number of ketones is 1. The molecule has 8 atom stereocenters. The third-order valence-electron chi connectivity index (χ3n) is 9.98. The van der Waals surface area contributed by atoms with Crippen molar-refractivity contribution in [3.63, 3.8) is 0 Å². The fourth-order valence-electron chi connectivity index (χ4n) is 8.46. The largest absolute Gasteiger partial charge is 0.295 e. The number of alkyl halides is 1. The summed E-state index contributed by atoms with van der Waals surface area (Å²) in [5.41, 5.74) is 2.41. The molecule has 2 heteroatoms. The van der Waals surface area contributed by atoms with Crippen LogP contribution in [0.4, 0.5) is 0 Å². The summed E-state index contributed by atoms with van der Waals surface area (Å²) >= 11 is 3.72. The molecular formula is C26H41BrO. The Morgan fingerprint density at radius 1 is 1.04 bits per heavy atom. The molecule has 0 aromatic carbocycles. The van der Waals surface area contributed by atoms with Crippen LogP contribution in [0.5, 0.6) is 0 Å². The van der Waals surface area contributed by atoms with E-state index in [0.717, 1.165) is 42.4 Å². The maximum absolute atomic E-state index is 12.0. The third kappa shape index (κ3) is 3.48. The van der Waals surface area contributed by atoms with Gasteiger partial charge in [0, 0.05) is 11.2 Å². The molecule has 0 aromatic rings. The first kappa shape index (κ1) is 21.1. The Kier molecular flexibility index (Phi) is 5.93. The van der Waals surface area contributed by atoms with Gasteiger partial charge in [0.25, 0.3) is 0 Å². The normalized spacial score (nSPS) is 44.9. The zero-order valence-electron chi connectivity index (χ0n) is 18.6. The van der Waals surface area contributed by atoms with Gasteiger partial charge in [0.1, 0.15) is 0 Å². The lowest BCUT2D eigenvalue weighted by atomic mass is 9.46. The zero-order valence-corrected chi connectivity index (χ0v) is 20.2. The number of carbonyl (C=O) groups excluding carboxylic acids is 1. The maximum Gasteiger partial charge on any atom is 0.155 e. The molecule has 28 heavy (non-hydrogen) atoms. The van der Waals surface area contributed by atoms with Crippen molar-refractivity contribution in [2.75, 3.05) is 0 Å². The summed E-state index contributed by atoms with van der Waals surface area (Å²) < 4.78 is 0. The highest BCUT2D eigenvalue weighted by atomic mass is 79.9. The van der Waals surface area contributed by atoms with Crippen LogP contribution in [-0.2, 0) is 4.79 Å². The first-order valence-corrected chi connectivity index (χ1v) is 13.0. The van der Waals surface area contributed by atoms with Crippen LogP contribution in [0.3, 0.4) is 0 Å². The van der Waals surface area contributed by atoms with Gasteiger partial charge in [-0.05, 0) is 97.9 Å². The molecule has 4 rings (SSSR count). The molecule has 0 aromatic heterocycles. The molecule has 0 spiro atoms. The van der Waals surface area contributed by atoms with Crippen LogP contribution in [0.25, 0.3) is 0 Å². The van der Waals surface area contributed by atoms with E-state index in [1.807, 2.05) is 0 Å². The van der Waals surface area contributed by atoms with Gasteiger partial charge in [-0.3, -0.25) is 4.79 Å². The second-order valence-corrected chi connectivity index (χ2v) is 12.9. The topological polar surface area (TPSA) is 17.1 Å². The predicted molar refractivity (Wildman–Crippen MR) is 122 cm³/mol. The average Bonchev–Trinajstić information content (AvgIpc) is 2.99. The van der Waals surface area contributed by atoms with Crippen LogP contribution in [-0.4, -0.2) is 10.6 Å². The quantitative estimate of drug-likeness (QED) is 0.393. The first-order chi connectivity index (χ1) is 13.3. The summed E-state index contributed by atoms with van der Waals surface area (Å²) in [5, 5.41) is 0. The van der Waals surface area contributed by atoms with Crippen LogP contribution in [0.15, 0.2) is 11.6 Å². The van der Waals surface area contributed by atoms with Crippen LogP contribution in [0, 0.1) is 40.4 Å². The van der Waals surface area contributed by atoms with Crippen LogP contribution in [0.2, 0.25) is 0 Å². The molecule has 0 heterocycles. The Bertz CT molecular complexity index is 636. The van der Waals surface area contributed by atoms with Gasteiger partial charge in [0.2, 0.25) is 0 Å². The van der Waals surface area contributed by atoms with Gasteiger partial charge >= 0.3 is 0 Å². The number of carbonyl (C=O) groups is 1. The molecule has 0 amide bonds. The second kappa shape index (κ2) is 7.86. The Morgan fingerprint density at radius 2 is 1.82 bits per heavy atom. The minimum absolute atomic E-state index is 0.327. The van der Waals surface area contributed by atoms with Crippen molar-refractivity contribution in [1.29, 1.82) is 0 Å². The van der Waals surface area contributed by atoms with Crippen molar-refractivity contribution in [2.24, 2.45) is 40.4 Å². The summed E-state index contributed by atoms with van der Waals surface area (Å²) in [4.78, 5) is 12.7. The number of fused-ring (bicyclic) bond motifs is 5. The van der Waals surface area contributed by atoms with Gasteiger partial charge in [0.15, 0.2) is 5.78 Å². The molecule has 1 unspecified atom stereocenters. The predicted octanol–water partition coefficient (Wildman–Crippen LogP) is 7.72. The van der Waals surface area contributed by atoms with Gasteiger partial charge in [0.05, 0.1) is 0 Å². The Labute approximate surface area is 181 Å². The van der Waals surface area contributed by atoms with Crippen molar-refractivity contribution in [3.05, 3.63) is 11.6 Å². The fraction of sp³-hybridized carbons (Fsp3) is 0.885. The highest BCUT2D eigenvalue weighted by Crippen LogP contribution is 2.67. The summed E-state index contributed by atoms with van der Waals surface area (Å²) in [6.45, 7) is 10.0. The smallest absolute Gasteiger partial charge is 0.155 e. The number of hydrogen-bond donors (Lipinski definition) is 0. The lowest BCUT2D eigenvalue weighted by molar-refractivity contribution is -0.117. The molecule has 158 valence electrons. The van der Waals surface area contributed by atoms with Crippen molar-refractivity contribution >= 4 is 21.7 Å². The van der Waals surface area contributed by atoms with E-state index in [-0.39, 0.29) is 0 Å². The summed E-state index contributed by atoms with van der Waals surface area (Å²) in [6, 6.07) is 0. The minimum atomic E-state index is 0.327. The van der Waals surface area contributed by atoms with Crippen molar-refractivity contribution in [2.45, 2.75) is 103 Å². The summed E-state index contributed by atoms with van der Waals surface area (Å²) in [7, 11) is 0. The fourth-order valence-corrected chi connectivity index (χ4v) is 8.78. The molecule has 0 saturated heterocycles. The Morgan fingerprint density at radius 3 is 2.57 bits per heavy atom. The molecule has 4 aliphatic rings. The maximum atomic E-state index is 12.0. The Hall–Kier alpha value is -0.110. The lowest BCUT2D eigenvalue weighted by Crippen LogP contribution is -2.50. The van der Waals surface area contributed by atoms with E-state index in [4.69, 9.17) is 0 Å². The van der Waals surface area contributed by atoms with E-state index in [2.05, 4.69) is 49.7 Å². The van der Waals surface area contributed by atoms with Crippen molar-refractivity contribution in [1.82, 2.24) is 0 Å². The van der Waals surface area contributed by atoms with Gasteiger partial charge in [-0.2, -0.15) is 0 Å². The third-order valence-corrected chi connectivity index (χ3v) is 10.4. The monoisotopic (exact) mass is 448 g/mol.